The van der Waals surface area contributed by atoms with E-state index in [1.165, 1.54) is 0 Å². The smallest absolute Gasteiger partial charge is 0.255 e. The lowest BCUT2D eigenvalue weighted by atomic mass is 10.0. The van der Waals surface area contributed by atoms with Crippen LogP contribution in [0, 0.1) is 0 Å². The van der Waals surface area contributed by atoms with E-state index in [4.69, 9.17) is 0 Å². The highest BCUT2D eigenvalue weighted by Gasteiger charge is 2.39. The topological polar surface area (TPSA) is 121 Å². The Kier molecular flexibility index (Phi) is 5.48. The Bertz CT molecular complexity index is 1060. The molecule has 2 fully saturated rings. The minimum atomic E-state index is -0.620. The summed E-state index contributed by atoms with van der Waals surface area (Å²) in [5.74, 6) is -0.909. The summed E-state index contributed by atoms with van der Waals surface area (Å²) in [6.07, 6.45) is 4.67. The lowest BCUT2D eigenvalue weighted by Gasteiger charge is -2.29. The van der Waals surface area contributed by atoms with Gasteiger partial charge in [-0.25, -0.2) is 4.68 Å². The number of fused-ring (bicyclic) bond motifs is 1. The molecular formula is C22H26N6O4. The summed E-state index contributed by atoms with van der Waals surface area (Å²) >= 11 is 0. The van der Waals surface area contributed by atoms with Crippen molar-refractivity contribution in [3.05, 3.63) is 41.2 Å². The predicted molar refractivity (Wildman–Crippen MR) is 113 cm³/mol. The van der Waals surface area contributed by atoms with Crippen LogP contribution in [-0.4, -0.2) is 79.4 Å². The van der Waals surface area contributed by atoms with Gasteiger partial charge in [0.05, 0.1) is 23.7 Å². The Morgan fingerprint density at radius 3 is 2.72 bits per heavy atom. The normalized spacial score (nSPS) is 22.3. The maximum atomic E-state index is 13.0. The van der Waals surface area contributed by atoms with Crippen LogP contribution < -0.4 is 5.32 Å². The van der Waals surface area contributed by atoms with Crippen LogP contribution in [0.15, 0.2) is 24.4 Å². The molecule has 0 aliphatic carbocycles. The molecule has 32 heavy (non-hydrogen) atoms. The monoisotopic (exact) mass is 438 g/mol. The van der Waals surface area contributed by atoms with E-state index < -0.39 is 11.9 Å². The molecule has 0 radical (unpaired) electrons. The third-order valence-corrected chi connectivity index (χ3v) is 6.56. The lowest BCUT2D eigenvalue weighted by Crippen LogP contribution is -2.52. The van der Waals surface area contributed by atoms with Gasteiger partial charge in [-0.3, -0.25) is 19.7 Å². The number of nitrogens with zero attached hydrogens (tertiary/aromatic N) is 5. The molecule has 3 aliphatic heterocycles. The number of hydrogen-bond acceptors (Lipinski definition) is 7. The molecule has 10 nitrogen and oxygen atoms in total. The maximum Gasteiger partial charge on any atom is 0.255 e. The van der Waals surface area contributed by atoms with Crippen LogP contribution in [0.3, 0.4) is 0 Å². The molecule has 4 heterocycles. The highest BCUT2D eigenvalue weighted by Crippen LogP contribution is 2.29. The van der Waals surface area contributed by atoms with Crippen molar-refractivity contribution in [3.63, 3.8) is 0 Å². The molecular weight excluding hydrogens is 412 g/mol. The van der Waals surface area contributed by atoms with Crippen molar-refractivity contribution in [3.8, 4) is 5.69 Å². The summed E-state index contributed by atoms with van der Waals surface area (Å²) in [6, 6.07) is 4.94. The number of aliphatic hydroxyl groups excluding tert-OH is 1. The molecule has 1 unspecified atom stereocenters. The second kappa shape index (κ2) is 8.44. The van der Waals surface area contributed by atoms with Gasteiger partial charge in [0.2, 0.25) is 11.8 Å². The van der Waals surface area contributed by atoms with Gasteiger partial charge in [-0.15, -0.1) is 5.10 Å². The van der Waals surface area contributed by atoms with Crippen LogP contribution in [0.1, 0.15) is 47.3 Å². The number of aromatic nitrogens is 3. The van der Waals surface area contributed by atoms with Crippen LogP contribution in [0.2, 0.25) is 0 Å². The third kappa shape index (κ3) is 4.03. The zero-order valence-electron chi connectivity index (χ0n) is 17.7. The maximum absolute atomic E-state index is 13.0. The van der Waals surface area contributed by atoms with Crippen molar-refractivity contribution in [1.29, 1.82) is 0 Å². The van der Waals surface area contributed by atoms with Gasteiger partial charge < -0.3 is 14.9 Å². The number of carbonyl (C=O) groups is 3. The first kappa shape index (κ1) is 20.8. The Morgan fingerprint density at radius 2 is 1.94 bits per heavy atom. The van der Waals surface area contributed by atoms with E-state index in [2.05, 4.69) is 20.5 Å². The first-order chi connectivity index (χ1) is 15.5. The van der Waals surface area contributed by atoms with E-state index in [0.29, 0.717) is 18.5 Å². The zero-order valence-corrected chi connectivity index (χ0v) is 17.7. The Labute approximate surface area is 185 Å². The van der Waals surface area contributed by atoms with Crippen LogP contribution in [0.5, 0.6) is 0 Å². The molecule has 0 saturated carbocycles. The van der Waals surface area contributed by atoms with Gasteiger partial charge in [0, 0.05) is 44.6 Å². The third-order valence-electron chi connectivity index (χ3n) is 6.56. The second-order valence-electron chi connectivity index (χ2n) is 8.72. The van der Waals surface area contributed by atoms with Gasteiger partial charge in [0.1, 0.15) is 6.04 Å². The number of imide groups is 1. The van der Waals surface area contributed by atoms with E-state index in [9.17, 15) is 19.5 Å². The Morgan fingerprint density at radius 1 is 1.12 bits per heavy atom. The fourth-order valence-corrected chi connectivity index (χ4v) is 4.64. The largest absolute Gasteiger partial charge is 0.393 e. The number of rotatable bonds is 5. The van der Waals surface area contributed by atoms with E-state index in [-0.39, 0.29) is 24.3 Å². The molecule has 0 spiro atoms. The second-order valence-corrected chi connectivity index (χ2v) is 8.72. The number of aliphatic hydroxyl groups is 1. The first-order valence-electron chi connectivity index (χ1n) is 11.1. The fourth-order valence-electron chi connectivity index (χ4n) is 4.64. The van der Waals surface area contributed by atoms with E-state index in [0.717, 1.165) is 55.8 Å². The molecule has 2 aromatic rings. The molecule has 1 aromatic carbocycles. The van der Waals surface area contributed by atoms with Crippen LogP contribution in [0.25, 0.3) is 5.69 Å². The quantitative estimate of drug-likeness (QED) is 0.632. The summed E-state index contributed by atoms with van der Waals surface area (Å²) in [4.78, 5) is 40.5. The number of amides is 3. The Hall–Kier alpha value is -3.11. The molecule has 5 rings (SSSR count). The highest BCUT2D eigenvalue weighted by molar-refractivity contribution is 6.05. The van der Waals surface area contributed by atoms with Crippen molar-refractivity contribution in [2.45, 2.75) is 50.8 Å². The zero-order chi connectivity index (χ0) is 22.2. The van der Waals surface area contributed by atoms with E-state index >= 15 is 0 Å². The molecule has 3 amide bonds. The number of benzene rings is 1. The van der Waals surface area contributed by atoms with Gasteiger partial charge in [-0.2, -0.15) is 0 Å². The number of piperidine rings is 2. The average Bonchev–Trinajstić information content (AvgIpc) is 3.38. The van der Waals surface area contributed by atoms with Crippen LogP contribution in [-0.2, 0) is 22.6 Å². The summed E-state index contributed by atoms with van der Waals surface area (Å²) < 4.78 is 1.66. The molecule has 1 atom stereocenters. The van der Waals surface area contributed by atoms with E-state index in [1.54, 1.807) is 15.6 Å². The number of nitrogens with one attached hydrogen (secondary N) is 1. The minimum Gasteiger partial charge on any atom is -0.393 e. The number of carbonyl (C=O) groups excluding carboxylic acids is 3. The predicted octanol–water partition coefficient (Wildman–Crippen LogP) is 0.0275. The summed E-state index contributed by atoms with van der Waals surface area (Å²) in [5, 5.41) is 20.4. The minimum absolute atomic E-state index is 0.180. The molecule has 1 aromatic heterocycles. The van der Waals surface area contributed by atoms with Crippen molar-refractivity contribution in [2.75, 3.05) is 19.6 Å². The van der Waals surface area contributed by atoms with E-state index in [1.807, 2.05) is 18.3 Å². The Balaban J connectivity index is 1.26. The van der Waals surface area contributed by atoms with Crippen molar-refractivity contribution in [1.82, 2.24) is 30.1 Å². The molecule has 0 bridgehead atoms. The van der Waals surface area contributed by atoms with Gasteiger partial charge in [0.25, 0.3) is 5.91 Å². The lowest BCUT2D eigenvalue weighted by molar-refractivity contribution is -0.136. The fraction of sp³-hybridized carbons (Fsp3) is 0.500. The van der Waals surface area contributed by atoms with Crippen molar-refractivity contribution >= 4 is 17.7 Å². The molecule has 2 N–H and O–H groups in total. The van der Waals surface area contributed by atoms with Gasteiger partial charge in [0.15, 0.2) is 0 Å². The van der Waals surface area contributed by atoms with Gasteiger partial charge in [-0.05, 0) is 37.0 Å². The molecule has 3 aliphatic rings. The van der Waals surface area contributed by atoms with Gasteiger partial charge >= 0.3 is 0 Å². The van der Waals surface area contributed by atoms with Crippen LogP contribution >= 0.6 is 0 Å². The SMILES string of the molecule is O=C1CCC(N2Cc3ccc(-n4cc(CCN5CCC(O)CC5)nn4)cc3C2=O)C(=O)N1. The molecule has 2 saturated heterocycles. The number of likely N-dealkylation sites (tertiary alicyclic amines) is 1. The van der Waals surface area contributed by atoms with Crippen LogP contribution in [0.4, 0.5) is 0 Å². The summed E-state index contributed by atoms with van der Waals surface area (Å²) in [6.45, 7) is 3.01. The summed E-state index contributed by atoms with van der Waals surface area (Å²) in [5.41, 5.74) is 3.02. The standard InChI is InChI=1S/C22H26N6O4/c29-17-6-9-26(10-7-17)8-5-15-13-28(25-24-15)16-2-1-14-12-27(22(32)18(14)11-16)19-3-4-20(30)23-21(19)31/h1-2,11,13,17,19,29H,3-10,12H2,(H,23,30,31). The molecule has 168 valence electrons. The average molecular weight is 438 g/mol. The van der Waals surface area contributed by atoms with Crippen molar-refractivity contribution < 1.29 is 19.5 Å². The molecule has 10 heteroatoms. The summed E-state index contributed by atoms with van der Waals surface area (Å²) in [7, 11) is 0. The van der Waals surface area contributed by atoms with Crippen molar-refractivity contribution in [2.24, 2.45) is 0 Å². The van der Waals surface area contributed by atoms with Gasteiger partial charge in [-0.1, -0.05) is 11.3 Å². The highest BCUT2D eigenvalue weighted by atomic mass is 16.3. The number of hydrogen-bond donors (Lipinski definition) is 2. The first-order valence-corrected chi connectivity index (χ1v) is 11.1.